The number of benzene rings is 2. The molecule has 1 aromatic heterocycles. The van der Waals surface area contributed by atoms with Gasteiger partial charge in [0.2, 0.25) is 10.0 Å². The zero-order chi connectivity index (χ0) is 20.7. The lowest BCUT2D eigenvalue weighted by atomic mass is 10.1. The van der Waals surface area contributed by atoms with E-state index in [1.165, 1.54) is 28.9 Å². The van der Waals surface area contributed by atoms with Crippen LogP contribution in [-0.4, -0.2) is 37.1 Å². The summed E-state index contributed by atoms with van der Waals surface area (Å²) in [5.41, 5.74) is 0.782. The Bertz CT molecular complexity index is 1100. The fraction of sp³-hybridized carbons (Fsp3) is 0.200. The fourth-order valence-corrected chi connectivity index (χ4v) is 3.40. The zero-order valence-corrected chi connectivity index (χ0v) is 16.3. The van der Waals surface area contributed by atoms with Crippen LogP contribution in [0.2, 0.25) is 0 Å². The van der Waals surface area contributed by atoms with E-state index in [2.05, 4.69) is 9.82 Å². The van der Waals surface area contributed by atoms with E-state index in [4.69, 9.17) is 4.74 Å². The molecule has 0 saturated heterocycles. The second-order valence-electron chi connectivity index (χ2n) is 6.16. The van der Waals surface area contributed by atoms with Gasteiger partial charge in [-0.15, -0.1) is 0 Å². The topological polar surface area (TPSA) is 90.3 Å². The van der Waals surface area contributed by atoms with Crippen LogP contribution in [0.4, 0.5) is 4.39 Å². The summed E-state index contributed by atoms with van der Waals surface area (Å²) < 4.78 is 46.2. The maximum absolute atomic E-state index is 13.1. The van der Waals surface area contributed by atoms with E-state index in [0.29, 0.717) is 17.0 Å². The van der Waals surface area contributed by atoms with Crippen LogP contribution in [0.1, 0.15) is 0 Å². The van der Waals surface area contributed by atoms with Gasteiger partial charge in [-0.2, -0.15) is 5.10 Å². The average molecular weight is 417 g/mol. The molecule has 0 aliphatic rings. The Morgan fingerprint density at radius 2 is 1.72 bits per heavy atom. The molecule has 29 heavy (non-hydrogen) atoms. The molecular weight excluding hydrogens is 397 g/mol. The van der Waals surface area contributed by atoms with Crippen LogP contribution >= 0.6 is 0 Å². The molecule has 0 atom stereocenters. The van der Waals surface area contributed by atoms with Crippen molar-refractivity contribution in [3.05, 3.63) is 82.9 Å². The minimum Gasteiger partial charge on any atom is -0.492 e. The van der Waals surface area contributed by atoms with Crippen molar-refractivity contribution in [1.29, 1.82) is 0 Å². The van der Waals surface area contributed by atoms with E-state index in [1.54, 1.807) is 36.4 Å². The molecule has 0 saturated carbocycles. The van der Waals surface area contributed by atoms with E-state index >= 15 is 0 Å². The molecule has 0 spiro atoms. The lowest BCUT2D eigenvalue weighted by Gasteiger charge is -2.10. The monoisotopic (exact) mass is 417 g/mol. The third-order valence-electron chi connectivity index (χ3n) is 4.02. The van der Waals surface area contributed by atoms with Crippen molar-refractivity contribution in [3.63, 3.8) is 0 Å². The van der Waals surface area contributed by atoms with E-state index in [0.717, 1.165) is 0 Å². The van der Waals surface area contributed by atoms with Gasteiger partial charge in [0.1, 0.15) is 18.2 Å². The van der Waals surface area contributed by atoms with Gasteiger partial charge >= 0.3 is 0 Å². The number of para-hydroxylation sites is 1. The summed E-state index contributed by atoms with van der Waals surface area (Å²) in [4.78, 5) is 12.0. The first-order valence-electron chi connectivity index (χ1n) is 8.92. The van der Waals surface area contributed by atoms with Gasteiger partial charge in [0, 0.05) is 18.2 Å². The maximum Gasteiger partial charge on any atom is 0.266 e. The molecule has 152 valence electrons. The largest absolute Gasteiger partial charge is 0.492 e. The summed E-state index contributed by atoms with van der Waals surface area (Å²) in [6.45, 7) is 0.0810. The van der Waals surface area contributed by atoms with Gasteiger partial charge in [0.25, 0.3) is 5.56 Å². The summed E-state index contributed by atoms with van der Waals surface area (Å²) in [5.74, 6) is 0.0172. The molecule has 0 aliphatic heterocycles. The van der Waals surface area contributed by atoms with E-state index in [-0.39, 0.29) is 36.8 Å². The van der Waals surface area contributed by atoms with Crippen molar-refractivity contribution >= 4 is 10.0 Å². The van der Waals surface area contributed by atoms with E-state index in [9.17, 15) is 17.6 Å². The van der Waals surface area contributed by atoms with Gasteiger partial charge in [-0.05, 0) is 42.5 Å². The number of hydrogen-bond donors (Lipinski definition) is 1. The van der Waals surface area contributed by atoms with Crippen LogP contribution in [-0.2, 0) is 16.6 Å². The van der Waals surface area contributed by atoms with Crippen LogP contribution in [0.3, 0.4) is 0 Å². The predicted molar refractivity (Wildman–Crippen MR) is 108 cm³/mol. The Morgan fingerprint density at radius 3 is 2.45 bits per heavy atom. The number of halogens is 1. The van der Waals surface area contributed by atoms with Gasteiger partial charge in [-0.3, -0.25) is 4.79 Å². The van der Waals surface area contributed by atoms with Crippen molar-refractivity contribution < 1.29 is 17.5 Å². The highest BCUT2D eigenvalue weighted by Gasteiger charge is 2.11. The highest BCUT2D eigenvalue weighted by atomic mass is 32.2. The molecule has 1 N–H and O–H groups in total. The molecule has 0 aliphatic carbocycles. The predicted octanol–water partition coefficient (Wildman–Crippen LogP) is 2.05. The smallest absolute Gasteiger partial charge is 0.266 e. The Morgan fingerprint density at radius 1 is 1.00 bits per heavy atom. The number of rotatable bonds is 9. The van der Waals surface area contributed by atoms with Gasteiger partial charge in [0.05, 0.1) is 18.0 Å². The highest BCUT2D eigenvalue weighted by molar-refractivity contribution is 7.89. The first-order chi connectivity index (χ1) is 13.9. The molecule has 1 heterocycles. The van der Waals surface area contributed by atoms with Crippen molar-refractivity contribution in [2.24, 2.45) is 0 Å². The third kappa shape index (κ3) is 6.23. The third-order valence-corrected chi connectivity index (χ3v) is 5.36. The summed E-state index contributed by atoms with van der Waals surface area (Å²) >= 11 is 0. The first-order valence-corrected chi connectivity index (χ1v) is 10.6. The van der Waals surface area contributed by atoms with Crippen LogP contribution < -0.4 is 15.0 Å². The SMILES string of the molecule is O=c1ccc(-c2ccc(F)cc2)nn1CCNS(=O)(=O)CCOc1ccccc1. The Hall–Kier alpha value is -3.04. The van der Waals surface area contributed by atoms with Gasteiger partial charge in [-0.1, -0.05) is 18.2 Å². The number of aromatic nitrogens is 2. The molecule has 3 aromatic rings. The second-order valence-corrected chi connectivity index (χ2v) is 8.09. The summed E-state index contributed by atoms with van der Waals surface area (Å²) in [6.07, 6.45) is 0. The quantitative estimate of drug-likeness (QED) is 0.576. The van der Waals surface area contributed by atoms with E-state index < -0.39 is 10.0 Å². The molecule has 2 aromatic carbocycles. The van der Waals surface area contributed by atoms with Gasteiger partial charge in [0.15, 0.2) is 0 Å². The molecule has 0 fully saturated rings. The number of hydrogen-bond acceptors (Lipinski definition) is 5. The average Bonchev–Trinajstić information content (AvgIpc) is 2.71. The van der Waals surface area contributed by atoms with Crippen LogP contribution in [0.15, 0.2) is 71.5 Å². The molecule has 0 bridgehead atoms. The molecule has 9 heteroatoms. The minimum atomic E-state index is -3.56. The maximum atomic E-state index is 13.1. The number of nitrogens with one attached hydrogen (secondary N) is 1. The summed E-state index contributed by atoms with van der Waals surface area (Å²) in [6, 6.07) is 17.5. The van der Waals surface area contributed by atoms with Crippen molar-refractivity contribution in [2.75, 3.05) is 18.9 Å². The Kier molecular flexibility index (Phi) is 6.73. The molecule has 7 nitrogen and oxygen atoms in total. The van der Waals surface area contributed by atoms with Crippen LogP contribution in [0.5, 0.6) is 5.75 Å². The van der Waals surface area contributed by atoms with Crippen molar-refractivity contribution in [3.8, 4) is 17.0 Å². The standard InChI is InChI=1S/C20H20FN3O4S/c21-17-8-6-16(7-9-17)19-10-11-20(25)24(23-19)13-12-22-29(26,27)15-14-28-18-4-2-1-3-5-18/h1-11,22H,12-15H2. The number of ether oxygens (including phenoxy) is 1. The Labute approximate surface area is 167 Å². The molecule has 3 rings (SSSR count). The summed E-state index contributed by atoms with van der Waals surface area (Å²) in [5, 5.41) is 4.22. The number of sulfonamides is 1. The lowest BCUT2D eigenvalue weighted by Crippen LogP contribution is -2.34. The van der Waals surface area contributed by atoms with E-state index in [1.807, 2.05) is 6.07 Å². The number of nitrogens with zero attached hydrogens (tertiary/aromatic N) is 2. The Balaban J connectivity index is 1.54. The first kappa shape index (κ1) is 20.7. The second kappa shape index (κ2) is 9.44. The molecule has 0 amide bonds. The minimum absolute atomic E-state index is 0.00739. The fourth-order valence-electron chi connectivity index (χ4n) is 2.55. The molecule has 0 unspecified atom stereocenters. The zero-order valence-electron chi connectivity index (χ0n) is 15.5. The van der Waals surface area contributed by atoms with Crippen LogP contribution in [0, 0.1) is 5.82 Å². The lowest BCUT2D eigenvalue weighted by molar-refractivity contribution is 0.340. The van der Waals surface area contributed by atoms with Gasteiger partial charge < -0.3 is 4.74 Å². The van der Waals surface area contributed by atoms with Crippen molar-refractivity contribution in [1.82, 2.24) is 14.5 Å². The highest BCUT2D eigenvalue weighted by Crippen LogP contribution is 2.15. The van der Waals surface area contributed by atoms with Gasteiger partial charge in [-0.25, -0.2) is 22.2 Å². The molecule has 0 radical (unpaired) electrons. The molecular formula is C20H20FN3O4S. The normalized spacial score (nSPS) is 11.3. The summed E-state index contributed by atoms with van der Waals surface area (Å²) in [7, 11) is -3.56. The van der Waals surface area contributed by atoms with Crippen LogP contribution in [0.25, 0.3) is 11.3 Å². The van der Waals surface area contributed by atoms with Crippen molar-refractivity contribution in [2.45, 2.75) is 6.54 Å².